The molecule has 0 aliphatic rings. The van der Waals surface area contributed by atoms with Gasteiger partial charge in [-0.3, -0.25) is 4.79 Å². The lowest BCUT2D eigenvalue weighted by Crippen LogP contribution is -2.29. The number of hydrogen-bond donors (Lipinski definition) is 2. The summed E-state index contributed by atoms with van der Waals surface area (Å²) in [7, 11) is 0. The molecule has 1 aromatic carbocycles. The van der Waals surface area contributed by atoms with E-state index in [1.54, 1.807) is 0 Å². The van der Waals surface area contributed by atoms with Crippen LogP contribution >= 0.6 is 11.3 Å². The number of nitrogens with zero attached hydrogens (tertiary/aromatic N) is 1. The fraction of sp³-hybridized carbons (Fsp3) is 0.167. The zero-order valence-electron chi connectivity index (χ0n) is 9.06. The second-order valence-electron chi connectivity index (χ2n) is 3.32. The van der Waals surface area contributed by atoms with Crippen molar-refractivity contribution in [2.24, 2.45) is 0 Å². The Balaban J connectivity index is 1.95. The number of benzene rings is 1. The van der Waals surface area contributed by atoms with Crippen LogP contribution in [0.5, 0.6) is 0 Å². The first-order chi connectivity index (χ1) is 8.29. The summed E-state index contributed by atoms with van der Waals surface area (Å²) in [5.74, 6) is 2.21. The standard InChI is InChI=1S/C12H11N3OS/c1-2-7-13-11(16)8-14-12-15-9-5-3-4-6-10(9)17-12/h1,3-6H,7-8H2,(H,13,16)(H,14,15). The van der Waals surface area contributed by atoms with Crippen LogP contribution in [-0.2, 0) is 4.79 Å². The number of terminal acetylenes is 1. The highest BCUT2D eigenvalue weighted by atomic mass is 32.1. The number of fused-ring (bicyclic) bond motifs is 1. The highest BCUT2D eigenvalue weighted by molar-refractivity contribution is 7.22. The van der Waals surface area contributed by atoms with Gasteiger partial charge in [0.1, 0.15) is 0 Å². The Morgan fingerprint density at radius 3 is 3.06 bits per heavy atom. The number of para-hydroxylation sites is 1. The maximum atomic E-state index is 11.3. The van der Waals surface area contributed by atoms with Crippen molar-refractivity contribution < 1.29 is 4.79 Å². The molecule has 0 bridgehead atoms. The molecule has 0 saturated heterocycles. The van der Waals surface area contributed by atoms with Gasteiger partial charge < -0.3 is 10.6 Å². The molecular formula is C12H11N3OS. The van der Waals surface area contributed by atoms with Crippen molar-refractivity contribution in [3.63, 3.8) is 0 Å². The zero-order chi connectivity index (χ0) is 12.1. The Bertz CT molecular complexity index is 537. The van der Waals surface area contributed by atoms with E-state index >= 15 is 0 Å². The molecule has 0 unspecified atom stereocenters. The summed E-state index contributed by atoms with van der Waals surface area (Å²) in [6, 6.07) is 7.83. The van der Waals surface area contributed by atoms with Crippen LogP contribution in [0, 0.1) is 12.3 Å². The first-order valence-electron chi connectivity index (χ1n) is 5.09. The van der Waals surface area contributed by atoms with E-state index in [0.717, 1.165) is 15.3 Å². The van der Waals surface area contributed by atoms with Crippen molar-refractivity contribution in [1.82, 2.24) is 10.3 Å². The van der Waals surface area contributed by atoms with E-state index in [0.29, 0.717) is 0 Å². The molecule has 0 saturated carbocycles. The van der Waals surface area contributed by atoms with E-state index in [-0.39, 0.29) is 19.0 Å². The van der Waals surface area contributed by atoms with E-state index in [4.69, 9.17) is 6.42 Å². The first kappa shape index (κ1) is 11.4. The molecule has 5 heteroatoms. The predicted octanol–water partition coefficient (Wildman–Crippen LogP) is 1.46. The van der Waals surface area contributed by atoms with Crippen LogP contribution in [0.15, 0.2) is 24.3 Å². The lowest BCUT2D eigenvalue weighted by Gasteiger charge is -2.01. The summed E-state index contributed by atoms with van der Waals surface area (Å²) in [6.45, 7) is 0.432. The molecule has 0 aliphatic carbocycles. The minimum atomic E-state index is -0.137. The summed E-state index contributed by atoms with van der Waals surface area (Å²) in [4.78, 5) is 15.7. The third kappa shape index (κ3) is 2.95. The summed E-state index contributed by atoms with van der Waals surface area (Å²) in [6.07, 6.45) is 5.04. The van der Waals surface area contributed by atoms with Gasteiger partial charge in [-0.25, -0.2) is 4.98 Å². The smallest absolute Gasteiger partial charge is 0.240 e. The van der Waals surface area contributed by atoms with Crippen LogP contribution in [0.4, 0.5) is 5.13 Å². The molecule has 0 spiro atoms. The fourth-order valence-corrected chi connectivity index (χ4v) is 2.18. The van der Waals surface area contributed by atoms with E-state index in [1.165, 1.54) is 11.3 Å². The third-order valence-corrected chi connectivity index (χ3v) is 3.08. The van der Waals surface area contributed by atoms with E-state index in [2.05, 4.69) is 21.5 Å². The van der Waals surface area contributed by atoms with Crippen molar-refractivity contribution in [2.45, 2.75) is 0 Å². The predicted molar refractivity (Wildman–Crippen MR) is 70.0 cm³/mol. The zero-order valence-corrected chi connectivity index (χ0v) is 9.88. The van der Waals surface area contributed by atoms with Gasteiger partial charge in [-0.1, -0.05) is 29.4 Å². The number of nitrogens with one attached hydrogen (secondary N) is 2. The molecule has 0 radical (unpaired) electrons. The molecule has 1 aromatic heterocycles. The lowest BCUT2D eigenvalue weighted by atomic mass is 10.3. The van der Waals surface area contributed by atoms with Gasteiger partial charge in [0.2, 0.25) is 5.91 Å². The highest BCUT2D eigenvalue weighted by Gasteiger charge is 2.04. The average molecular weight is 245 g/mol. The molecule has 1 amide bonds. The molecule has 86 valence electrons. The van der Waals surface area contributed by atoms with Crippen LogP contribution in [-0.4, -0.2) is 24.0 Å². The molecule has 17 heavy (non-hydrogen) atoms. The van der Waals surface area contributed by atoms with Gasteiger partial charge in [-0.15, -0.1) is 6.42 Å². The van der Waals surface area contributed by atoms with Crippen LogP contribution in [0.3, 0.4) is 0 Å². The number of carbonyl (C=O) groups is 1. The second-order valence-corrected chi connectivity index (χ2v) is 4.35. The number of hydrogen-bond acceptors (Lipinski definition) is 4. The molecule has 0 aliphatic heterocycles. The molecule has 2 aromatic rings. The Labute approximate surface area is 103 Å². The van der Waals surface area contributed by atoms with Crippen molar-refractivity contribution in [3.8, 4) is 12.3 Å². The quantitative estimate of drug-likeness (QED) is 0.802. The van der Waals surface area contributed by atoms with Crippen LogP contribution in [0.2, 0.25) is 0 Å². The third-order valence-electron chi connectivity index (χ3n) is 2.08. The molecule has 1 heterocycles. The fourth-order valence-electron chi connectivity index (χ4n) is 1.32. The van der Waals surface area contributed by atoms with Crippen molar-refractivity contribution in [3.05, 3.63) is 24.3 Å². The van der Waals surface area contributed by atoms with Crippen molar-refractivity contribution >= 4 is 32.6 Å². The van der Waals surface area contributed by atoms with Crippen LogP contribution in [0.1, 0.15) is 0 Å². The maximum absolute atomic E-state index is 11.3. The van der Waals surface area contributed by atoms with Gasteiger partial charge in [0.15, 0.2) is 5.13 Å². The molecule has 2 rings (SSSR count). The van der Waals surface area contributed by atoms with Crippen LogP contribution < -0.4 is 10.6 Å². The molecule has 0 atom stereocenters. The van der Waals surface area contributed by atoms with Crippen molar-refractivity contribution in [1.29, 1.82) is 0 Å². The van der Waals surface area contributed by atoms with Gasteiger partial charge in [0, 0.05) is 0 Å². The van der Waals surface area contributed by atoms with Crippen LogP contribution in [0.25, 0.3) is 10.2 Å². The van der Waals surface area contributed by atoms with Gasteiger partial charge in [0.25, 0.3) is 0 Å². The van der Waals surface area contributed by atoms with Gasteiger partial charge in [-0.2, -0.15) is 0 Å². The number of amides is 1. The average Bonchev–Trinajstić information content (AvgIpc) is 2.76. The number of anilines is 1. The SMILES string of the molecule is C#CCNC(=O)CNc1nc2ccccc2s1. The summed E-state index contributed by atoms with van der Waals surface area (Å²) < 4.78 is 1.10. The highest BCUT2D eigenvalue weighted by Crippen LogP contribution is 2.24. The van der Waals surface area contributed by atoms with Gasteiger partial charge in [0.05, 0.1) is 23.3 Å². The molecular weight excluding hydrogens is 234 g/mol. The largest absolute Gasteiger partial charge is 0.352 e. The second kappa shape index (κ2) is 5.32. The monoisotopic (exact) mass is 245 g/mol. The minimum Gasteiger partial charge on any atom is -0.352 e. The topological polar surface area (TPSA) is 54.0 Å². The summed E-state index contributed by atoms with van der Waals surface area (Å²) >= 11 is 1.52. The lowest BCUT2D eigenvalue weighted by molar-refractivity contribution is -0.119. The number of rotatable bonds is 4. The summed E-state index contributed by atoms with van der Waals surface area (Å²) in [5.41, 5.74) is 0.934. The minimum absolute atomic E-state index is 0.137. The van der Waals surface area contributed by atoms with E-state index in [9.17, 15) is 4.79 Å². The normalized spacial score (nSPS) is 9.82. The Hall–Kier alpha value is -2.06. The Kier molecular flexibility index (Phi) is 3.58. The van der Waals surface area contributed by atoms with Gasteiger partial charge >= 0.3 is 0 Å². The number of thiazole rings is 1. The molecule has 4 nitrogen and oxygen atoms in total. The molecule has 2 N–H and O–H groups in total. The number of carbonyl (C=O) groups excluding carboxylic acids is 1. The van der Waals surface area contributed by atoms with E-state index in [1.807, 2.05) is 24.3 Å². The first-order valence-corrected chi connectivity index (χ1v) is 5.91. The molecule has 0 fully saturated rings. The van der Waals surface area contributed by atoms with Gasteiger partial charge in [-0.05, 0) is 12.1 Å². The Morgan fingerprint density at radius 1 is 1.47 bits per heavy atom. The number of aromatic nitrogens is 1. The maximum Gasteiger partial charge on any atom is 0.240 e. The Morgan fingerprint density at radius 2 is 2.29 bits per heavy atom. The van der Waals surface area contributed by atoms with E-state index < -0.39 is 0 Å². The van der Waals surface area contributed by atoms with Crippen molar-refractivity contribution in [2.75, 3.05) is 18.4 Å². The summed E-state index contributed by atoms with van der Waals surface area (Å²) in [5, 5.41) is 6.28.